The molecule has 0 spiro atoms. The first-order valence-electron chi connectivity index (χ1n) is 6.33. The summed E-state index contributed by atoms with van der Waals surface area (Å²) in [5, 5.41) is 17.5. The van der Waals surface area contributed by atoms with Crippen LogP contribution in [0.1, 0.15) is 15.2 Å². The number of aromatic hydroxyl groups is 1. The summed E-state index contributed by atoms with van der Waals surface area (Å²) in [6.07, 6.45) is 1.57. The zero-order valence-electron chi connectivity index (χ0n) is 11.0. The maximum absolute atomic E-state index is 12.1. The van der Waals surface area contributed by atoms with E-state index in [-0.39, 0.29) is 11.3 Å². The number of hydrogen-bond donors (Lipinski definition) is 2. The van der Waals surface area contributed by atoms with Crippen molar-refractivity contribution in [3.05, 3.63) is 64.4 Å². The SMILES string of the molecule is O=C(N/N=C\c1cccs1)c1ccc2ccccc2c1O. The van der Waals surface area contributed by atoms with Crippen molar-refractivity contribution in [3.63, 3.8) is 0 Å². The summed E-state index contributed by atoms with van der Waals surface area (Å²) < 4.78 is 0. The summed E-state index contributed by atoms with van der Waals surface area (Å²) in [4.78, 5) is 13.0. The molecule has 0 aliphatic rings. The van der Waals surface area contributed by atoms with Gasteiger partial charge in [0.1, 0.15) is 5.75 Å². The Balaban J connectivity index is 1.83. The van der Waals surface area contributed by atoms with Gasteiger partial charge in [0.05, 0.1) is 11.8 Å². The fraction of sp³-hybridized carbons (Fsp3) is 0. The number of amides is 1. The first kappa shape index (κ1) is 13.3. The number of rotatable bonds is 3. The Labute approximate surface area is 125 Å². The third-order valence-electron chi connectivity index (χ3n) is 3.05. The summed E-state index contributed by atoms with van der Waals surface area (Å²) in [6.45, 7) is 0. The van der Waals surface area contributed by atoms with Crippen molar-refractivity contribution in [1.82, 2.24) is 5.43 Å². The van der Waals surface area contributed by atoms with E-state index in [0.717, 1.165) is 10.3 Å². The average Bonchev–Trinajstić information content (AvgIpc) is 3.01. The molecule has 0 saturated carbocycles. The molecule has 0 radical (unpaired) electrons. The molecule has 4 nitrogen and oxygen atoms in total. The standard InChI is InChI=1S/C16H12N2O2S/c19-15-13-6-2-1-4-11(13)7-8-14(15)16(20)18-17-10-12-5-3-9-21-12/h1-10,19H,(H,18,20)/b17-10-. The van der Waals surface area contributed by atoms with Gasteiger partial charge in [-0.25, -0.2) is 5.43 Å². The van der Waals surface area contributed by atoms with Gasteiger partial charge in [0.2, 0.25) is 0 Å². The van der Waals surface area contributed by atoms with E-state index in [0.29, 0.717) is 5.39 Å². The summed E-state index contributed by atoms with van der Waals surface area (Å²) in [5.41, 5.74) is 2.63. The van der Waals surface area contributed by atoms with Gasteiger partial charge < -0.3 is 5.11 Å². The lowest BCUT2D eigenvalue weighted by molar-refractivity contribution is 0.0953. The van der Waals surface area contributed by atoms with Crippen LogP contribution in [0, 0.1) is 0 Å². The van der Waals surface area contributed by atoms with E-state index in [9.17, 15) is 9.90 Å². The fourth-order valence-electron chi connectivity index (χ4n) is 2.02. The highest BCUT2D eigenvalue weighted by atomic mass is 32.1. The highest BCUT2D eigenvalue weighted by Crippen LogP contribution is 2.28. The highest BCUT2D eigenvalue weighted by Gasteiger charge is 2.12. The van der Waals surface area contributed by atoms with Crippen LogP contribution in [0.15, 0.2) is 59.0 Å². The topological polar surface area (TPSA) is 61.7 Å². The van der Waals surface area contributed by atoms with Crippen LogP contribution >= 0.6 is 11.3 Å². The highest BCUT2D eigenvalue weighted by molar-refractivity contribution is 7.11. The number of thiophene rings is 1. The van der Waals surface area contributed by atoms with Crippen molar-refractivity contribution in [3.8, 4) is 5.75 Å². The molecule has 3 rings (SSSR count). The van der Waals surface area contributed by atoms with Gasteiger partial charge in [-0.2, -0.15) is 5.10 Å². The van der Waals surface area contributed by atoms with Crippen LogP contribution in [0.3, 0.4) is 0 Å². The molecule has 5 heteroatoms. The summed E-state index contributed by atoms with van der Waals surface area (Å²) in [7, 11) is 0. The van der Waals surface area contributed by atoms with Crippen LogP contribution in [-0.4, -0.2) is 17.2 Å². The molecule has 104 valence electrons. The molecule has 1 amide bonds. The quantitative estimate of drug-likeness (QED) is 0.575. The molecule has 1 aromatic heterocycles. The molecule has 0 fully saturated rings. The lowest BCUT2D eigenvalue weighted by Gasteiger charge is -2.06. The van der Waals surface area contributed by atoms with Gasteiger partial charge >= 0.3 is 0 Å². The normalized spacial score (nSPS) is 11.0. The first-order chi connectivity index (χ1) is 10.3. The van der Waals surface area contributed by atoms with Gasteiger partial charge in [-0.1, -0.05) is 36.4 Å². The number of phenolic OH excluding ortho intramolecular Hbond substituents is 1. The number of fused-ring (bicyclic) bond motifs is 1. The van der Waals surface area contributed by atoms with E-state index in [1.165, 1.54) is 11.3 Å². The first-order valence-corrected chi connectivity index (χ1v) is 7.21. The van der Waals surface area contributed by atoms with E-state index < -0.39 is 5.91 Å². The molecule has 0 aliphatic heterocycles. The van der Waals surface area contributed by atoms with Gasteiger partial charge in [-0.3, -0.25) is 4.79 Å². The minimum atomic E-state index is -0.439. The Hall–Kier alpha value is -2.66. The predicted molar refractivity (Wildman–Crippen MR) is 85.0 cm³/mol. The van der Waals surface area contributed by atoms with Crippen molar-refractivity contribution < 1.29 is 9.90 Å². The molecule has 0 unspecified atom stereocenters. The number of hydrogen-bond acceptors (Lipinski definition) is 4. The lowest BCUT2D eigenvalue weighted by atomic mass is 10.1. The fourth-order valence-corrected chi connectivity index (χ4v) is 2.60. The average molecular weight is 296 g/mol. The van der Waals surface area contributed by atoms with Crippen molar-refractivity contribution >= 4 is 34.2 Å². The zero-order valence-corrected chi connectivity index (χ0v) is 11.8. The van der Waals surface area contributed by atoms with Crippen molar-refractivity contribution in [2.75, 3.05) is 0 Å². The van der Waals surface area contributed by atoms with Crippen molar-refractivity contribution in [1.29, 1.82) is 0 Å². The monoisotopic (exact) mass is 296 g/mol. The van der Waals surface area contributed by atoms with Gasteiger partial charge in [0, 0.05) is 10.3 Å². The second kappa shape index (κ2) is 5.76. The Kier molecular flexibility index (Phi) is 3.66. The van der Waals surface area contributed by atoms with E-state index in [2.05, 4.69) is 10.5 Å². The zero-order chi connectivity index (χ0) is 14.7. The molecule has 0 bridgehead atoms. The Morgan fingerprint density at radius 1 is 1.14 bits per heavy atom. The Morgan fingerprint density at radius 2 is 2.00 bits per heavy atom. The number of carbonyl (C=O) groups is 1. The number of hydrazone groups is 1. The molecular formula is C16H12N2O2S. The van der Waals surface area contributed by atoms with Crippen molar-refractivity contribution in [2.45, 2.75) is 0 Å². The summed E-state index contributed by atoms with van der Waals surface area (Å²) in [6, 6.07) is 14.5. The number of nitrogens with zero attached hydrogens (tertiary/aromatic N) is 1. The molecule has 2 N–H and O–H groups in total. The summed E-state index contributed by atoms with van der Waals surface area (Å²) >= 11 is 1.53. The number of phenols is 1. The van der Waals surface area contributed by atoms with Gasteiger partial charge in [-0.05, 0) is 22.9 Å². The molecule has 0 saturated heterocycles. The molecule has 2 aromatic carbocycles. The largest absolute Gasteiger partial charge is 0.506 e. The Morgan fingerprint density at radius 3 is 2.81 bits per heavy atom. The van der Waals surface area contributed by atoms with E-state index in [4.69, 9.17) is 0 Å². The minimum Gasteiger partial charge on any atom is -0.506 e. The van der Waals surface area contributed by atoms with Gasteiger partial charge in [-0.15, -0.1) is 11.3 Å². The van der Waals surface area contributed by atoms with Crippen LogP contribution in [0.2, 0.25) is 0 Å². The van der Waals surface area contributed by atoms with Gasteiger partial charge in [0.15, 0.2) is 0 Å². The van der Waals surface area contributed by atoms with Crippen LogP contribution in [0.25, 0.3) is 10.8 Å². The third kappa shape index (κ3) is 2.78. The number of benzene rings is 2. The molecule has 21 heavy (non-hydrogen) atoms. The third-order valence-corrected chi connectivity index (χ3v) is 3.85. The molecular weight excluding hydrogens is 284 g/mol. The van der Waals surface area contributed by atoms with Gasteiger partial charge in [0.25, 0.3) is 5.91 Å². The van der Waals surface area contributed by atoms with Crippen molar-refractivity contribution in [2.24, 2.45) is 5.10 Å². The lowest BCUT2D eigenvalue weighted by Crippen LogP contribution is -2.17. The van der Waals surface area contributed by atoms with Crippen LogP contribution in [-0.2, 0) is 0 Å². The molecule has 0 aliphatic carbocycles. The number of carbonyl (C=O) groups excluding carboxylic acids is 1. The van der Waals surface area contributed by atoms with Crippen LogP contribution < -0.4 is 5.43 Å². The summed E-state index contributed by atoms with van der Waals surface area (Å²) in [5.74, 6) is -0.469. The minimum absolute atomic E-state index is 0.0306. The van der Waals surface area contributed by atoms with E-state index in [1.54, 1.807) is 24.4 Å². The predicted octanol–water partition coefficient (Wildman–Crippen LogP) is 3.37. The molecule has 0 atom stereocenters. The van der Waals surface area contributed by atoms with Crippen LogP contribution in [0.5, 0.6) is 5.75 Å². The Bertz CT molecular complexity index is 810. The molecule has 1 heterocycles. The smallest absolute Gasteiger partial charge is 0.275 e. The van der Waals surface area contributed by atoms with E-state index >= 15 is 0 Å². The van der Waals surface area contributed by atoms with E-state index in [1.807, 2.05) is 35.7 Å². The maximum atomic E-state index is 12.1. The maximum Gasteiger partial charge on any atom is 0.275 e. The molecule has 3 aromatic rings. The second-order valence-electron chi connectivity index (χ2n) is 4.40. The second-order valence-corrected chi connectivity index (χ2v) is 5.38. The van der Waals surface area contributed by atoms with Crippen LogP contribution in [0.4, 0.5) is 0 Å². The number of nitrogens with one attached hydrogen (secondary N) is 1.